The van der Waals surface area contributed by atoms with Gasteiger partial charge in [-0.25, -0.2) is 23.7 Å². The van der Waals surface area contributed by atoms with Gasteiger partial charge in [0.1, 0.15) is 17.0 Å². The highest BCUT2D eigenvalue weighted by atomic mass is 19.3. The molecule has 4 rings (SSSR count). The Hall–Kier alpha value is -3.10. The van der Waals surface area contributed by atoms with Crippen molar-refractivity contribution in [2.24, 2.45) is 0 Å². The van der Waals surface area contributed by atoms with Gasteiger partial charge in [0.25, 0.3) is 6.43 Å². The summed E-state index contributed by atoms with van der Waals surface area (Å²) in [4.78, 5) is 21.0. The van der Waals surface area contributed by atoms with Crippen molar-refractivity contribution in [2.75, 3.05) is 5.32 Å². The highest BCUT2D eigenvalue weighted by Crippen LogP contribution is 2.28. The fraction of sp³-hybridized carbons (Fsp3) is 0.368. The van der Waals surface area contributed by atoms with Crippen LogP contribution in [0.1, 0.15) is 26.1 Å². The van der Waals surface area contributed by atoms with Crippen LogP contribution in [0.25, 0.3) is 33.5 Å². The van der Waals surface area contributed by atoms with Crippen molar-refractivity contribution in [1.29, 1.82) is 0 Å². The van der Waals surface area contributed by atoms with Crippen LogP contribution in [-0.2, 0) is 6.54 Å². The predicted molar refractivity (Wildman–Crippen MR) is 105 cm³/mol. The van der Waals surface area contributed by atoms with Gasteiger partial charge in [0.15, 0.2) is 5.65 Å². The van der Waals surface area contributed by atoms with E-state index in [1.54, 1.807) is 25.4 Å². The molecule has 9 heteroatoms. The Morgan fingerprint density at radius 1 is 1.21 bits per heavy atom. The van der Waals surface area contributed by atoms with Gasteiger partial charge in [-0.15, -0.1) is 0 Å². The summed E-state index contributed by atoms with van der Waals surface area (Å²) in [6, 6.07) is 3.90. The largest absolute Gasteiger partial charge is 0.352 e. The van der Waals surface area contributed by atoms with E-state index < -0.39 is 13.0 Å². The third kappa shape index (κ3) is 3.28. The van der Waals surface area contributed by atoms with Crippen LogP contribution in [-0.4, -0.2) is 42.0 Å². The lowest BCUT2D eigenvalue weighted by atomic mass is 10.1. The Morgan fingerprint density at radius 2 is 2.04 bits per heavy atom. The van der Waals surface area contributed by atoms with E-state index >= 15 is 0 Å². The first-order valence-electron chi connectivity index (χ1n) is 9.19. The van der Waals surface area contributed by atoms with E-state index in [-0.39, 0.29) is 6.04 Å². The fourth-order valence-corrected chi connectivity index (χ4v) is 3.13. The molecular formula is C19H21F2N7. The van der Waals surface area contributed by atoms with E-state index in [0.717, 1.165) is 17.4 Å². The van der Waals surface area contributed by atoms with Crippen molar-refractivity contribution < 1.29 is 8.78 Å². The number of aromatic amines is 1. The molecule has 4 aromatic heterocycles. The number of anilines is 1. The monoisotopic (exact) mass is 385 g/mol. The maximum atomic E-state index is 12.9. The van der Waals surface area contributed by atoms with Crippen LogP contribution in [0.2, 0.25) is 0 Å². The third-order valence-corrected chi connectivity index (χ3v) is 4.80. The number of halogens is 2. The van der Waals surface area contributed by atoms with Crippen molar-refractivity contribution >= 4 is 28.1 Å². The highest BCUT2D eigenvalue weighted by Gasteiger charge is 2.16. The number of hydrogen-bond acceptors (Lipinski definition) is 5. The number of H-pyrrole nitrogens is 1. The van der Waals surface area contributed by atoms with Gasteiger partial charge in [0.2, 0.25) is 5.95 Å². The molecular weight excluding hydrogens is 364 g/mol. The number of pyridine rings is 1. The van der Waals surface area contributed by atoms with Gasteiger partial charge in [-0.2, -0.15) is 4.98 Å². The van der Waals surface area contributed by atoms with Crippen LogP contribution in [0.4, 0.5) is 14.7 Å². The zero-order valence-corrected chi connectivity index (χ0v) is 15.9. The maximum absolute atomic E-state index is 12.9. The Kier molecular flexibility index (Phi) is 4.66. The van der Waals surface area contributed by atoms with Crippen LogP contribution in [0, 0.1) is 6.92 Å². The summed E-state index contributed by atoms with van der Waals surface area (Å²) >= 11 is 0. The van der Waals surface area contributed by atoms with Gasteiger partial charge in [0.05, 0.1) is 12.2 Å². The molecule has 7 nitrogen and oxygen atoms in total. The minimum Gasteiger partial charge on any atom is -0.352 e. The summed E-state index contributed by atoms with van der Waals surface area (Å²) in [6.07, 6.45) is 2.04. The van der Waals surface area contributed by atoms with E-state index in [0.29, 0.717) is 34.3 Å². The van der Waals surface area contributed by atoms with E-state index in [1.807, 2.05) is 6.07 Å². The first-order chi connectivity index (χ1) is 13.5. The van der Waals surface area contributed by atoms with Crippen molar-refractivity contribution in [3.63, 3.8) is 0 Å². The molecule has 0 aromatic carbocycles. The molecule has 0 aliphatic carbocycles. The smallest absolute Gasteiger partial charge is 0.256 e. The molecule has 4 heterocycles. The Morgan fingerprint density at radius 3 is 2.79 bits per heavy atom. The van der Waals surface area contributed by atoms with Crippen molar-refractivity contribution in [2.45, 2.75) is 46.2 Å². The average Bonchev–Trinajstić information content (AvgIpc) is 3.22. The second-order valence-corrected chi connectivity index (χ2v) is 6.81. The van der Waals surface area contributed by atoms with Gasteiger partial charge in [-0.05, 0) is 32.4 Å². The average molecular weight is 385 g/mol. The predicted octanol–water partition coefficient (Wildman–Crippen LogP) is 4.15. The minimum absolute atomic E-state index is 0.273. The number of nitrogens with one attached hydrogen (secondary N) is 2. The Balaban J connectivity index is 1.76. The van der Waals surface area contributed by atoms with Crippen molar-refractivity contribution in [3.05, 3.63) is 30.4 Å². The summed E-state index contributed by atoms with van der Waals surface area (Å²) < 4.78 is 27.3. The van der Waals surface area contributed by atoms with Gasteiger partial charge < -0.3 is 14.9 Å². The minimum atomic E-state index is -2.47. The van der Waals surface area contributed by atoms with Gasteiger partial charge in [0, 0.05) is 29.4 Å². The van der Waals surface area contributed by atoms with Gasteiger partial charge >= 0.3 is 0 Å². The van der Waals surface area contributed by atoms with Crippen LogP contribution in [0.3, 0.4) is 0 Å². The first kappa shape index (κ1) is 18.3. The number of hydrogen-bond donors (Lipinski definition) is 2. The molecule has 0 fully saturated rings. The Bertz CT molecular complexity index is 1130. The molecule has 0 bridgehead atoms. The summed E-state index contributed by atoms with van der Waals surface area (Å²) in [7, 11) is 0. The molecule has 0 radical (unpaired) electrons. The van der Waals surface area contributed by atoms with Gasteiger partial charge in [-0.3, -0.25) is 0 Å². The van der Waals surface area contributed by atoms with Crippen LogP contribution in [0.5, 0.6) is 0 Å². The highest BCUT2D eigenvalue weighted by molar-refractivity contribution is 5.93. The molecule has 1 atom stereocenters. The van der Waals surface area contributed by atoms with Gasteiger partial charge in [-0.1, -0.05) is 6.92 Å². The van der Waals surface area contributed by atoms with E-state index in [1.165, 1.54) is 4.57 Å². The molecule has 0 saturated heterocycles. The zero-order chi connectivity index (χ0) is 19.8. The first-order valence-corrected chi connectivity index (χ1v) is 9.19. The molecule has 0 spiro atoms. The second-order valence-electron chi connectivity index (χ2n) is 6.81. The lowest BCUT2D eigenvalue weighted by Gasteiger charge is -2.10. The molecule has 0 aliphatic rings. The Labute approximate surface area is 160 Å². The molecule has 2 N–H and O–H groups in total. The normalized spacial score (nSPS) is 12.9. The van der Waals surface area contributed by atoms with Crippen molar-refractivity contribution in [1.82, 2.24) is 29.5 Å². The van der Waals surface area contributed by atoms with E-state index in [2.05, 4.69) is 44.1 Å². The second kappa shape index (κ2) is 7.14. The fourth-order valence-electron chi connectivity index (χ4n) is 3.13. The molecule has 0 amide bonds. The lowest BCUT2D eigenvalue weighted by Crippen LogP contribution is -2.15. The SMILES string of the molecule is CCC(C)Nc1ncc2c(-c3ccc4nc(C)n(CC(F)F)c4n3)c[nH]c2n1. The molecule has 146 valence electrons. The molecule has 4 aromatic rings. The molecule has 1 unspecified atom stereocenters. The number of alkyl halides is 2. The zero-order valence-electron chi connectivity index (χ0n) is 15.9. The van der Waals surface area contributed by atoms with E-state index in [4.69, 9.17) is 0 Å². The van der Waals surface area contributed by atoms with Crippen LogP contribution >= 0.6 is 0 Å². The molecule has 0 aliphatic heterocycles. The standard InChI is InChI=1S/C19H21F2N7/c1-4-10(2)24-19-23-8-13-12(7-22-17(13)27-19)14-5-6-15-18(26-14)28(9-16(20)21)11(3)25-15/h5-8,10,16H,4,9H2,1-3H3,(H2,22,23,24,27). The summed E-state index contributed by atoms with van der Waals surface area (Å²) in [5.41, 5.74) is 3.20. The lowest BCUT2D eigenvalue weighted by molar-refractivity contribution is 0.127. The van der Waals surface area contributed by atoms with E-state index in [9.17, 15) is 8.78 Å². The summed E-state index contributed by atoms with van der Waals surface area (Å²) in [5, 5.41) is 4.06. The number of fused-ring (bicyclic) bond motifs is 2. The molecule has 28 heavy (non-hydrogen) atoms. The number of nitrogens with zero attached hydrogens (tertiary/aromatic N) is 5. The van der Waals surface area contributed by atoms with Crippen LogP contribution < -0.4 is 5.32 Å². The summed E-state index contributed by atoms with van der Waals surface area (Å²) in [5.74, 6) is 1.08. The number of imidazole rings is 1. The van der Waals surface area contributed by atoms with Crippen LogP contribution in [0.15, 0.2) is 24.5 Å². The van der Waals surface area contributed by atoms with Crippen molar-refractivity contribution in [3.8, 4) is 11.3 Å². The number of rotatable bonds is 6. The summed E-state index contributed by atoms with van der Waals surface area (Å²) in [6.45, 7) is 5.43. The molecule has 0 saturated carbocycles. The third-order valence-electron chi connectivity index (χ3n) is 4.80. The number of aryl methyl sites for hydroxylation is 1. The maximum Gasteiger partial charge on any atom is 0.256 e. The topological polar surface area (TPSA) is 84.3 Å². The quantitative estimate of drug-likeness (QED) is 0.521. The number of aromatic nitrogens is 6.